The predicted molar refractivity (Wildman–Crippen MR) is 55.4 cm³/mol. The van der Waals surface area contributed by atoms with E-state index >= 15 is 0 Å². The molecule has 1 rings (SSSR count). The Bertz CT molecular complexity index is 371. The standard InChI is InChI=1S/C10H12ClF2NO/c1-5(4-14)8-6(12)3-7(15-2)9(11)10(8)13/h3,5H,4,14H2,1-2H3. The van der Waals surface area contributed by atoms with Gasteiger partial charge in [-0.1, -0.05) is 18.5 Å². The van der Waals surface area contributed by atoms with E-state index in [2.05, 4.69) is 0 Å². The molecule has 0 aliphatic rings. The van der Waals surface area contributed by atoms with E-state index in [4.69, 9.17) is 22.1 Å². The Morgan fingerprint density at radius 3 is 2.60 bits per heavy atom. The third-order valence-corrected chi connectivity index (χ3v) is 2.58. The molecule has 0 saturated carbocycles. The van der Waals surface area contributed by atoms with Gasteiger partial charge in [-0.2, -0.15) is 0 Å². The minimum Gasteiger partial charge on any atom is -0.495 e. The van der Waals surface area contributed by atoms with Crippen molar-refractivity contribution in [3.63, 3.8) is 0 Å². The third-order valence-electron chi connectivity index (χ3n) is 2.23. The summed E-state index contributed by atoms with van der Waals surface area (Å²) in [7, 11) is 1.30. The maximum atomic E-state index is 13.6. The average Bonchev–Trinajstić information content (AvgIpc) is 2.23. The van der Waals surface area contributed by atoms with E-state index in [-0.39, 0.29) is 22.9 Å². The lowest BCUT2D eigenvalue weighted by atomic mass is 10.00. The molecule has 0 heterocycles. The molecule has 1 atom stereocenters. The van der Waals surface area contributed by atoms with E-state index in [0.29, 0.717) is 0 Å². The first kappa shape index (κ1) is 12.2. The zero-order valence-electron chi connectivity index (χ0n) is 8.48. The Hall–Kier alpha value is -0.870. The fourth-order valence-electron chi connectivity index (χ4n) is 1.31. The Morgan fingerprint density at radius 2 is 2.13 bits per heavy atom. The molecule has 0 spiro atoms. The Kier molecular flexibility index (Phi) is 3.88. The van der Waals surface area contributed by atoms with Crippen LogP contribution < -0.4 is 10.5 Å². The van der Waals surface area contributed by atoms with Gasteiger partial charge in [-0.05, 0) is 12.5 Å². The molecule has 0 aromatic heterocycles. The van der Waals surface area contributed by atoms with Gasteiger partial charge in [0.05, 0.1) is 7.11 Å². The van der Waals surface area contributed by atoms with Crippen LogP contribution in [0.15, 0.2) is 6.07 Å². The van der Waals surface area contributed by atoms with Crippen molar-refractivity contribution in [2.24, 2.45) is 5.73 Å². The number of methoxy groups -OCH3 is 1. The molecule has 0 fully saturated rings. The second-order valence-corrected chi connectivity index (χ2v) is 3.62. The average molecular weight is 236 g/mol. The predicted octanol–water partition coefficient (Wildman–Crippen LogP) is 2.69. The minimum atomic E-state index is -0.800. The van der Waals surface area contributed by atoms with Gasteiger partial charge in [0.2, 0.25) is 0 Å². The summed E-state index contributed by atoms with van der Waals surface area (Å²) in [5, 5.41) is -0.214. The molecule has 0 radical (unpaired) electrons. The Morgan fingerprint density at radius 1 is 1.53 bits per heavy atom. The van der Waals surface area contributed by atoms with Gasteiger partial charge in [-0.25, -0.2) is 8.78 Å². The number of ether oxygens (including phenoxy) is 1. The molecule has 1 aromatic carbocycles. The number of benzene rings is 1. The molecule has 0 aliphatic carbocycles. The van der Waals surface area contributed by atoms with E-state index in [1.54, 1.807) is 6.92 Å². The van der Waals surface area contributed by atoms with Crippen molar-refractivity contribution in [2.75, 3.05) is 13.7 Å². The van der Waals surface area contributed by atoms with Crippen LogP contribution in [0.4, 0.5) is 8.78 Å². The summed E-state index contributed by atoms with van der Waals surface area (Å²) in [5.41, 5.74) is 5.26. The van der Waals surface area contributed by atoms with Crippen molar-refractivity contribution >= 4 is 11.6 Å². The lowest BCUT2D eigenvalue weighted by molar-refractivity contribution is 0.404. The molecular weight excluding hydrogens is 224 g/mol. The summed E-state index contributed by atoms with van der Waals surface area (Å²) in [5.74, 6) is -1.92. The molecule has 5 heteroatoms. The smallest absolute Gasteiger partial charge is 0.152 e. The van der Waals surface area contributed by atoms with Crippen LogP contribution in [0.25, 0.3) is 0 Å². The molecule has 1 unspecified atom stereocenters. The minimum absolute atomic E-state index is 0.0142. The molecule has 2 nitrogen and oxygen atoms in total. The maximum absolute atomic E-state index is 13.6. The van der Waals surface area contributed by atoms with Crippen molar-refractivity contribution in [1.29, 1.82) is 0 Å². The van der Waals surface area contributed by atoms with Gasteiger partial charge < -0.3 is 10.5 Å². The van der Waals surface area contributed by atoms with Crippen molar-refractivity contribution < 1.29 is 13.5 Å². The molecular formula is C10H12ClF2NO. The molecule has 1 aromatic rings. The van der Waals surface area contributed by atoms with Crippen molar-refractivity contribution in [2.45, 2.75) is 12.8 Å². The molecule has 0 aliphatic heterocycles. The second kappa shape index (κ2) is 4.77. The molecule has 0 bridgehead atoms. The summed E-state index contributed by atoms with van der Waals surface area (Å²) < 4.78 is 31.9. The van der Waals surface area contributed by atoms with Gasteiger partial charge in [0.1, 0.15) is 16.6 Å². The normalized spacial score (nSPS) is 12.7. The number of hydrogen-bond donors (Lipinski definition) is 1. The lowest BCUT2D eigenvalue weighted by Gasteiger charge is -2.14. The molecule has 84 valence electrons. The molecule has 2 N–H and O–H groups in total. The highest BCUT2D eigenvalue weighted by Gasteiger charge is 2.21. The first-order chi connectivity index (χ1) is 7.02. The topological polar surface area (TPSA) is 35.2 Å². The summed E-state index contributed by atoms with van der Waals surface area (Å²) in [4.78, 5) is 0. The van der Waals surface area contributed by atoms with Crippen LogP contribution in [0, 0.1) is 11.6 Å². The SMILES string of the molecule is COc1cc(F)c(C(C)CN)c(F)c1Cl. The van der Waals surface area contributed by atoms with E-state index in [1.807, 2.05) is 0 Å². The van der Waals surface area contributed by atoms with Crippen LogP contribution in [0.3, 0.4) is 0 Å². The summed E-state index contributed by atoms with van der Waals surface area (Å²) in [6, 6.07) is 1.06. The highest BCUT2D eigenvalue weighted by Crippen LogP contribution is 2.34. The van der Waals surface area contributed by atoms with Crippen LogP contribution in [-0.4, -0.2) is 13.7 Å². The number of nitrogens with two attached hydrogens (primary N) is 1. The second-order valence-electron chi connectivity index (χ2n) is 3.24. The third kappa shape index (κ3) is 2.21. The van der Waals surface area contributed by atoms with Gasteiger partial charge in [0, 0.05) is 11.6 Å². The van der Waals surface area contributed by atoms with Crippen molar-refractivity contribution in [1.82, 2.24) is 0 Å². The quantitative estimate of drug-likeness (QED) is 0.818. The number of rotatable bonds is 3. The van der Waals surface area contributed by atoms with Crippen LogP contribution in [-0.2, 0) is 0 Å². The zero-order valence-corrected chi connectivity index (χ0v) is 9.24. The van der Waals surface area contributed by atoms with Gasteiger partial charge >= 0.3 is 0 Å². The van der Waals surface area contributed by atoms with Gasteiger partial charge in [-0.15, -0.1) is 0 Å². The van der Waals surface area contributed by atoms with Gasteiger partial charge in [0.25, 0.3) is 0 Å². The van der Waals surface area contributed by atoms with Gasteiger partial charge in [-0.3, -0.25) is 0 Å². The largest absolute Gasteiger partial charge is 0.495 e. The molecule has 0 amide bonds. The van der Waals surface area contributed by atoms with Crippen molar-refractivity contribution in [3.8, 4) is 5.75 Å². The number of hydrogen-bond acceptors (Lipinski definition) is 2. The fourth-order valence-corrected chi connectivity index (χ4v) is 1.54. The Balaban J connectivity index is 3.35. The summed E-state index contributed by atoms with van der Waals surface area (Å²) >= 11 is 5.66. The highest BCUT2D eigenvalue weighted by molar-refractivity contribution is 6.32. The fraction of sp³-hybridized carbons (Fsp3) is 0.400. The zero-order chi connectivity index (χ0) is 11.6. The summed E-state index contributed by atoms with van der Waals surface area (Å²) in [6.45, 7) is 1.78. The van der Waals surface area contributed by atoms with E-state index in [9.17, 15) is 8.78 Å². The molecule has 0 saturated heterocycles. The van der Waals surface area contributed by atoms with Crippen LogP contribution >= 0.6 is 11.6 Å². The molecule has 15 heavy (non-hydrogen) atoms. The van der Waals surface area contributed by atoms with E-state index < -0.39 is 17.6 Å². The van der Waals surface area contributed by atoms with E-state index in [1.165, 1.54) is 7.11 Å². The maximum Gasteiger partial charge on any atom is 0.152 e. The number of halogens is 3. The highest BCUT2D eigenvalue weighted by atomic mass is 35.5. The van der Waals surface area contributed by atoms with Crippen LogP contribution in [0.5, 0.6) is 5.75 Å². The van der Waals surface area contributed by atoms with Crippen molar-refractivity contribution in [3.05, 3.63) is 28.3 Å². The van der Waals surface area contributed by atoms with Crippen LogP contribution in [0.1, 0.15) is 18.4 Å². The first-order valence-electron chi connectivity index (χ1n) is 4.44. The summed E-state index contributed by atoms with van der Waals surface area (Å²) in [6.07, 6.45) is 0. The van der Waals surface area contributed by atoms with E-state index in [0.717, 1.165) is 6.07 Å². The monoisotopic (exact) mass is 235 g/mol. The van der Waals surface area contributed by atoms with Gasteiger partial charge in [0.15, 0.2) is 5.82 Å². The first-order valence-corrected chi connectivity index (χ1v) is 4.82. The lowest BCUT2D eigenvalue weighted by Crippen LogP contribution is -2.13. The Labute approximate surface area is 92.0 Å². The van der Waals surface area contributed by atoms with Crippen LogP contribution in [0.2, 0.25) is 5.02 Å².